The number of carbonyl (C=O) groups excluding carboxylic acids is 3. The first kappa shape index (κ1) is 65.1. The fourth-order valence-corrected chi connectivity index (χ4v) is 8.30. The molecule has 0 aliphatic heterocycles. The first-order chi connectivity index (χ1) is 33.5. The van der Waals surface area contributed by atoms with Gasteiger partial charge in [-0.3, -0.25) is 14.4 Å². The normalized spacial score (nSPS) is 12.5. The molecule has 0 saturated heterocycles. The summed E-state index contributed by atoms with van der Waals surface area (Å²) in [5, 5.41) is 0. The Bertz CT molecular complexity index is 1230. The van der Waals surface area contributed by atoms with Crippen molar-refractivity contribution in [2.45, 2.75) is 303 Å². The largest absolute Gasteiger partial charge is 0.462 e. The maximum atomic E-state index is 12.9. The second-order valence-corrected chi connectivity index (χ2v) is 19.6. The molecular formula is C62H110O6. The molecule has 394 valence electrons. The fraction of sp³-hybridized carbons (Fsp3) is 0.790. The molecule has 0 spiro atoms. The Labute approximate surface area is 421 Å². The van der Waals surface area contributed by atoms with Gasteiger partial charge in [0.2, 0.25) is 0 Å². The smallest absolute Gasteiger partial charge is 0.306 e. The summed E-state index contributed by atoms with van der Waals surface area (Å²) >= 11 is 0. The first-order valence-corrected chi connectivity index (χ1v) is 29.3. The van der Waals surface area contributed by atoms with Crippen LogP contribution >= 0.6 is 0 Å². The Morgan fingerprint density at radius 1 is 0.294 bits per heavy atom. The summed E-state index contributed by atoms with van der Waals surface area (Å²) in [5.41, 5.74) is 0. The zero-order valence-corrected chi connectivity index (χ0v) is 45.1. The molecule has 0 saturated carbocycles. The molecule has 0 fully saturated rings. The third-order valence-corrected chi connectivity index (χ3v) is 12.7. The van der Waals surface area contributed by atoms with Gasteiger partial charge in [0.25, 0.3) is 0 Å². The third-order valence-electron chi connectivity index (χ3n) is 12.7. The predicted molar refractivity (Wildman–Crippen MR) is 293 cm³/mol. The Hall–Kier alpha value is -2.89. The van der Waals surface area contributed by atoms with Gasteiger partial charge in [-0.2, -0.15) is 0 Å². The van der Waals surface area contributed by atoms with E-state index in [4.69, 9.17) is 14.2 Å². The van der Waals surface area contributed by atoms with Crippen molar-refractivity contribution < 1.29 is 28.6 Å². The lowest BCUT2D eigenvalue weighted by atomic mass is 10.0. The summed E-state index contributed by atoms with van der Waals surface area (Å²) in [5.74, 6) is -0.913. The van der Waals surface area contributed by atoms with E-state index in [-0.39, 0.29) is 31.1 Å². The van der Waals surface area contributed by atoms with Crippen molar-refractivity contribution in [2.75, 3.05) is 13.2 Å². The van der Waals surface area contributed by atoms with Gasteiger partial charge in [-0.1, -0.05) is 248 Å². The maximum absolute atomic E-state index is 12.9. The summed E-state index contributed by atoms with van der Waals surface area (Å²) in [6, 6.07) is 0. The van der Waals surface area contributed by atoms with Gasteiger partial charge in [0.1, 0.15) is 13.2 Å². The van der Waals surface area contributed by atoms with Crippen LogP contribution in [-0.4, -0.2) is 37.2 Å². The Balaban J connectivity index is 4.40. The van der Waals surface area contributed by atoms with E-state index in [0.29, 0.717) is 19.3 Å². The lowest BCUT2D eigenvalue weighted by Crippen LogP contribution is -2.30. The van der Waals surface area contributed by atoms with E-state index in [1.165, 1.54) is 167 Å². The molecule has 0 aromatic rings. The quantitative estimate of drug-likeness (QED) is 0.0262. The van der Waals surface area contributed by atoms with E-state index in [9.17, 15) is 14.4 Å². The van der Waals surface area contributed by atoms with Crippen LogP contribution in [0.25, 0.3) is 0 Å². The van der Waals surface area contributed by atoms with Crippen LogP contribution in [0.1, 0.15) is 297 Å². The molecule has 6 heteroatoms. The molecule has 0 radical (unpaired) electrons. The van der Waals surface area contributed by atoms with E-state index in [0.717, 1.165) is 89.9 Å². The maximum Gasteiger partial charge on any atom is 0.306 e. The number of hydrogen-bond acceptors (Lipinski definition) is 6. The van der Waals surface area contributed by atoms with Crippen LogP contribution in [0.5, 0.6) is 0 Å². The van der Waals surface area contributed by atoms with E-state index in [2.05, 4.69) is 81.5 Å². The average molecular weight is 952 g/mol. The second-order valence-electron chi connectivity index (χ2n) is 19.6. The Kier molecular flexibility index (Phi) is 54.3. The van der Waals surface area contributed by atoms with Crippen LogP contribution in [0.4, 0.5) is 0 Å². The number of rotatable bonds is 53. The molecule has 0 aromatic carbocycles. The number of unbranched alkanes of at least 4 members (excludes halogenated alkanes) is 32. The zero-order valence-electron chi connectivity index (χ0n) is 45.1. The summed E-state index contributed by atoms with van der Waals surface area (Å²) in [7, 11) is 0. The van der Waals surface area contributed by atoms with Crippen LogP contribution in [0.15, 0.2) is 60.8 Å². The molecule has 0 amide bonds. The van der Waals surface area contributed by atoms with Gasteiger partial charge in [0.15, 0.2) is 6.10 Å². The number of hydrogen-bond donors (Lipinski definition) is 0. The minimum absolute atomic E-state index is 0.0865. The molecule has 0 rings (SSSR count). The minimum atomic E-state index is -0.789. The molecule has 0 aliphatic rings. The van der Waals surface area contributed by atoms with Crippen molar-refractivity contribution in [1.82, 2.24) is 0 Å². The summed E-state index contributed by atoms with van der Waals surface area (Å²) in [6.07, 6.45) is 70.7. The summed E-state index contributed by atoms with van der Waals surface area (Å²) in [6.45, 7) is 6.59. The van der Waals surface area contributed by atoms with Crippen molar-refractivity contribution >= 4 is 17.9 Å². The van der Waals surface area contributed by atoms with E-state index >= 15 is 0 Å². The van der Waals surface area contributed by atoms with Crippen molar-refractivity contribution in [1.29, 1.82) is 0 Å². The molecule has 0 bridgehead atoms. The number of carbonyl (C=O) groups is 3. The van der Waals surface area contributed by atoms with Gasteiger partial charge in [-0.15, -0.1) is 0 Å². The summed E-state index contributed by atoms with van der Waals surface area (Å²) in [4.78, 5) is 38.1. The number of ether oxygens (including phenoxy) is 3. The van der Waals surface area contributed by atoms with Gasteiger partial charge in [0, 0.05) is 19.3 Å². The molecule has 1 atom stereocenters. The SMILES string of the molecule is CCCCC/C=C/C/C=C/C/C=C/C/C=C/CCCCCC(=O)OC[C@@H](COC(=O)CCCCCCC/C=C/CCCCCC)OC(=O)CCCCCCCCCCCCCCCCCCCC. The highest BCUT2D eigenvalue weighted by Gasteiger charge is 2.19. The highest BCUT2D eigenvalue weighted by molar-refractivity contribution is 5.71. The van der Waals surface area contributed by atoms with Crippen LogP contribution in [0.2, 0.25) is 0 Å². The molecule has 0 N–H and O–H groups in total. The molecule has 0 heterocycles. The topological polar surface area (TPSA) is 78.9 Å². The average Bonchev–Trinajstić information content (AvgIpc) is 3.34. The Morgan fingerprint density at radius 3 is 0.897 bits per heavy atom. The van der Waals surface area contributed by atoms with Gasteiger partial charge < -0.3 is 14.2 Å². The third kappa shape index (κ3) is 54.1. The number of allylic oxidation sites excluding steroid dienone is 10. The van der Waals surface area contributed by atoms with E-state index in [1.54, 1.807) is 0 Å². The molecule has 0 aliphatic carbocycles. The highest BCUT2D eigenvalue weighted by atomic mass is 16.6. The Morgan fingerprint density at radius 2 is 0.529 bits per heavy atom. The van der Waals surface area contributed by atoms with Gasteiger partial charge in [-0.05, 0) is 89.9 Å². The lowest BCUT2D eigenvalue weighted by molar-refractivity contribution is -0.167. The van der Waals surface area contributed by atoms with Crippen LogP contribution in [0, 0.1) is 0 Å². The van der Waals surface area contributed by atoms with E-state index < -0.39 is 6.10 Å². The van der Waals surface area contributed by atoms with Crippen molar-refractivity contribution in [3.05, 3.63) is 60.8 Å². The highest BCUT2D eigenvalue weighted by Crippen LogP contribution is 2.16. The van der Waals surface area contributed by atoms with Crippen molar-refractivity contribution in [2.24, 2.45) is 0 Å². The molecule has 0 aromatic heterocycles. The van der Waals surface area contributed by atoms with Crippen LogP contribution < -0.4 is 0 Å². The standard InChI is InChI=1S/C62H110O6/c1-4-7-10-13-16-19-22-25-27-29-31-33-34-37-40-43-46-49-52-55-61(64)67-58-59(57-66-60(63)54-51-48-45-42-39-36-24-21-18-15-12-9-6-3)68-62(65)56-53-50-47-44-41-38-35-32-30-28-26-23-20-17-14-11-8-5-2/h16,19,21,24-25,27,31,33,37,40,59H,4-15,17-18,20,22-23,26,28-30,32,34-36,38-39,41-58H2,1-3H3/b19-16+,24-21+,27-25+,33-31+,40-37+/t59-/m1/s1. The van der Waals surface area contributed by atoms with Gasteiger partial charge >= 0.3 is 17.9 Å². The van der Waals surface area contributed by atoms with E-state index in [1.807, 2.05) is 0 Å². The monoisotopic (exact) mass is 951 g/mol. The first-order valence-electron chi connectivity index (χ1n) is 29.3. The summed E-state index contributed by atoms with van der Waals surface area (Å²) < 4.78 is 16.8. The van der Waals surface area contributed by atoms with Gasteiger partial charge in [-0.25, -0.2) is 0 Å². The fourth-order valence-electron chi connectivity index (χ4n) is 8.30. The van der Waals surface area contributed by atoms with Crippen molar-refractivity contribution in [3.63, 3.8) is 0 Å². The molecule has 68 heavy (non-hydrogen) atoms. The number of esters is 3. The van der Waals surface area contributed by atoms with Crippen LogP contribution in [0.3, 0.4) is 0 Å². The predicted octanol–water partition coefficient (Wildman–Crippen LogP) is 19.6. The van der Waals surface area contributed by atoms with Crippen LogP contribution in [-0.2, 0) is 28.6 Å². The zero-order chi connectivity index (χ0) is 49.3. The van der Waals surface area contributed by atoms with Crippen molar-refractivity contribution in [3.8, 4) is 0 Å². The van der Waals surface area contributed by atoms with Gasteiger partial charge in [0.05, 0.1) is 0 Å². The molecule has 6 nitrogen and oxygen atoms in total. The molecular weight excluding hydrogens is 841 g/mol. The lowest BCUT2D eigenvalue weighted by Gasteiger charge is -2.18. The minimum Gasteiger partial charge on any atom is -0.462 e. The molecule has 0 unspecified atom stereocenters. The second kappa shape index (κ2) is 56.7.